The number of ether oxygens (including phenoxy) is 2. The van der Waals surface area contributed by atoms with Crippen molar-refractivity contribution in [2.75, 3.05) is 6.61 Å². The Bertz CT molecular complexity index is 455. The minimum Gasteiger partial charge on any atom is -0.465 e. The largest absolute Gasteiger partial charge is 0.465 e. The minimum absolute atomic E-state index is 0.286. The Kier molecular flexibility index (Phi) is 4.01. The van der Waals surface area contributed by atoms with Gasteiger partial charge in [0.25, 0.3) is 0 Å². The van der Waals surface area contributed by atoms with E-state index in [2.05, 4.69) is 15.9 Å². The van der Waals surface area contributed by atoms with Crippen molar-refractivity contribution in [3.8, 4) is 0 Å². The molecule has 1 fully saturated rings. The van der Waals surface area contributed by atoms with Gasteiger partial charge in [0.05, 0.1) is 18.1 Å². The lowest BCUT2D eigenvalue weighted by Gasteiger charge is -2.16. The molecule has 1 aliphatic heterocycles. The van der Waals surface area contributed by atoms with E-state index >= 15 is 0 Å². The minimum atomic E-state index is -0.462. The topological polar surface area (TPSA) is 52.6 Å². The van der Waals surface area contributed by atoms with Gasteiger partial charge in [-0.05, 0) is 37.6 Å². The zero-order valence-corrected chi connectivity index (χ0v) is 11.5. The fourth-order valence-corrected chi connectivity index (χ4v) is 2.11. The molecule has 96 valence electrons. The Balaban J connectivity index is 1.98. The normalized spacial score (nSPS) is 20.3. The van der Waals surface area contributed by atoms with E-state index in [1.807, 2.05) is 0 Å². The quantitative estimate of drug-likeness (QED) is 0.805. The van der Waals surface area contributed by atoms with Crippen LogP contribution in [0.25, 0.3) is 0 Å². The number of hydrogen-bond acceptors (Lipinski definition) is 4. The Morgan fingerprint density at radius 2 is 2.11 bits per heavy atom. The number of cyclic esters (lactones) is 1. The van der Waals surface area contributed by atoms with Gasteiger partial charge in [0.1, 0.15) is 6.10 Å². The van der Waals surface area contributed by atoms with Gasteiger partial charge in [0.2, 0.25) is 0 Å². The first-order valence-electron chi connectivity index (χ1n) is 5.71. The molecule has 1 aromatic carbocycles. The molecule has 0 bridgehead atoms. The average molecular weight is 313 g/mol. The van der Waals surface area contributed by atoms with Crippen molar-refractivity contribution in [2.45, 2.75) is 19.4 Å². The summed E-state index contributed by atoms with van der Waals surface area (Å²) in [5, 5.41) is 0. The molecule has 1 aliphatic rings. The van der Waals surface area contributed by atoms with Crippen molar-refractivity contribution < 1.29 is 19.1 Å². The third kappa shape index (κ3) is 2.90. The molecule has 0 saturated carbocycles. The Labute approximate surface area is 113 Å². The van der Waals surface area contributed by atoms with Gasteiger partial charge in [-0.2, -0.15) is 0 Å². The molecule has 5 heteroatoms. The number of benzene rings is 1. The van der Waals surface area contributed by atoms with Crippen LogP contribution in [0.4, 0.5) is 0 Å². The van der Waals surface area contributed by atoms with Gasteiger partial charge in [0.15, 0.2) is 0 Å². The summed E-state index contributed by atoms with van der Waals surface area (Å²) in [4.78, 5) is 23.2. The zero-order valence-electron chi connectivity index (χ0n) is 9.89. The fourth-order valence-electron chi connectivity index (χ4n) is 1.84. The summed E-state index contributed by atoms with van der Waals surface area (Å²) in [7, 11) is 0. The maximum absolute atomic E-state index is 11.8. The number of rotatable bonds is 3. The monoisotopic (exact) mass is 312 g/mol. The molecule has 2 unspecified atom stereocenters. The molecule has 4 nitrogen and oxygen atoms in total. The molecule has 0 aliphatic carbocycles. The molecule has 0 amide bonds. The SMILES string of the molecule is CC(OC(=O)c1ccc(Br)cc1)C1CCOC1=O. The predicted molar refractivity (Wildman–Crippen MR) is 68.1 cm³/mol. The highest BCUT2D eigenvalue weighted by atomic mass is 79.9. The van der Waals surface area contributed by atoms with Crippen LogP contribution in [0, 0.1) is 5.92 Å². The first-order valence-corrected chi connectivity index (χ1v) is 6.50. The van der Waals surface area contributed by atoms with Crippen molar-refractivity contribution >= 4 is 27.9 Å². The smallest absolute Gasteiger partial charge is 0.338 e. The molecule has 1 aromatic rings. The lowest BCUT2D eigenvalue weighted by atomic mass is 10.0. The van der Waals surface area contributed by atoms with Crippen molar-refractivity contribution in [1.29, 1.82) is 0 Å². The summed E-state index contributed by atoms with van der Waals surface area (Å²) >= 11 is 3.29. The Morgan fingerprint density at radius 3 is 2.67 bits per heavy atom. The van der Waals surface area contributed by atoms with Gasteiger partial charge in [-0.15, -0.1) is 0 Å². The Hall–Kier alpha value is -1.36. The van der Waals surface area contributed by atoms with Gasteiger partial charge in [-0.1, -0.05) is 15.9 Å². The summed E-state index contributed by atoms with van der Waals surface area (Å²) in [5.74, 6) is -1.05. The van der Waals surface area contributed by atoms with Crippen LogP contribution in [0.3, 0.4) is 0 Å². The lowest BCUT2D eigenvalue weighted by Crippen LogP contribution is -2.27. The number of carbonyl (C=O) groups is 2. The average Bonchev–Trinajstić information content (AvgIpc) is 2.76. The van der Waals surface area contributed by atoms with Crippen molar-refractivity contribution in [3.05, 3.63) is 34.3 Å². The van der Waals surface area contributed by atoms with E-state index in [-0.39, 0.29) is 11.9 Å². The van der Waals surface area contributed by atoms with Gasteiger partial charge >= 0.3 is 11.9 Å². The molecular weight excluding hydrogens is 300 g/mol. The van der Waals surface area contributed by atoms with E-state index in [1.54, 1.807) is 31.2 Å². The highest BCUT2D eigenvalue weighted by molar-refractivity contribution is 9.10. The Morgan fingerprint density at radius 1 is 1.44 bits per heavy atom. The maximum atomic E-state index is 11.8. The molecule has 0 N–H and O–H groups in total. The first-order chi connectivity index (χ1) is 8.58. The van der Waals surface area contributed by atoms with Crippen LogP contribution in [-0.4, -0.2) is 24.6 Å². The molecule has 2 atom stereocenters. The van der Waals surface area contributed by atoms with Crippen LogP contribution in [0.5, 0.6) is 0 Å². The van der Waals surface area contributed by atoms with Crippen LogP contribution in [-0.2, 0) is 14.3 Å². The van der Waals surface area contributed by atoms with Gasteiger partial charge < -0.3 is 9.47 Å². The summed E-state index contributed by atoms with van der Waals surface area (Å²) < 4.78 is 11.0. The second-order valence-corrected chi connectivity index (χ2v) is 5.10. The van der Waals surface area contributed by atoms with Gasteiger partial charge in [-0.25, -0.2) is 4.79 Å². The highest BCUT2D eigenvalue weighted by Gasteiger charge is 2.34. The molecule has 2 rings (SSSR count). The van der Waals surface area contributed by atoms with Gasteiger partial charge in [-0.3, -0.25) is 4.79 Å². The summed E-state index contributed by atoms with van der Waals surface area (Å²) in [6.45, 7) is 2.12. The lowest BCUT2D eigenvalue weighted by molar-refractivity contribution is -0.143. The van der Waals surface area contributed by atoms with Crippen LogP contribution >= 0.6 is 15.9 Å². The van der Waals surface area contributed by atoms with E-state index < -0.39 is 12.1 Å². The van der Waals surface area contributed by atoms with Crippen molar-refractivity contribution in [1.82, 2.24) is 0 Å². The van der Waals surface area contributed by atoms with E-state index in [0.29, 0.717) is 18.6 Å². The van der Waals surface area contributed by atoms with Crippen molar-refractivity contribution in [3.63, 3.8) is 0 Å². The van der Waals surface area contributed by atoms with Gasteiger partial charge in [0, 0.05) is 4.47 Å². The first kappa shape index (κ1) is 13.1. The van der Waals surface area contributed by atoms with Crippen molar-refractivity contribution in [2.24, 2.45) is 5.92 Å². The molecule has 0 spiro atoms. The van der Waals surface area contributed by atoms with Crippen LogP contribution in [0.2, 0.25) is 0 Å². The summed E-state index contributed by atoms with van der Waals surface area (Å²) in [6.07, 6.45) is 0.143. The molecule has 0 radical (unpaired) electrons. The van der Waals surface area contributed by atoms with Crippen LogP contribution in [0.15, 0.2) is 28.7 Å². The summed E-state index contributed by atoms with van der Waals surface area (Å²) in [5.41, 5.74) is 0.469. The van der Waals surface area contributed by atoms with E-state index in [0.717, 1.165) is 4.47 Å². The molecular formula is C13H13BrO4. The zero-order chi connectivity index (χ0) is 13.1. The molecule has 0 aromatic heterocycles. The van der Waals surface area contributed by atoms with E-state index in [1.165, 1.54) is 0 Å². The number of carbonyl (C=O) groups excluding carboxylic acids is 2. The number of hydrogen-bond donors (Lipinski definition) is 0. The predicted octanol–water partition coefficient (Wildman–Crippen LogP) is 2.56. The third-order valence-corrected chi connectivity index (χ3v) is 3.44. The number of halogens is 1. The fraction of sp³-hybridized carbons (Fsp3) is 0.385. The highest BCUT2D eigenvalue weighted by Crippen LogP contribution is 2.21. The second kappa shape index (κ2) is 5.52. The summed E-state index contributed by atoms with van der Waals surface area (Å²) in [6, 6.07) is 6.88. The second-order valence-electron chi connectivity index (χ2n) is 4.18. The van der Waals surface area contributed by atoms with Crippen LogP contribution in [0.1, 0.15) is 23.7 Å². The molecule has 1 heterocycles. The van der Waals surface area contributed by atoms with Crippen LogP contribution < -0.4 is 0 Å². The molecule has 1 saturated heterocycles. The standard InChI is InChI=1S/C13H13BrO4/c1-8(11-6-7-17-13(11)16)18-12(15)9-2-4-10(14)5-3-9/h2-5,8,11H,6-7H2,1H3. The molecule has 18 heavy (non-hydrogen) atoms. The number of esters is 2. The van der Waals surface area contributed by atoms with E-state index in [9.17, 15) is 9.59 Å². The third-order valence-electron chi connectivity index (χ3n) is 2.92. The van der Waals surface area contributed by atoms with E-state index in [4.69, 9.17) is 9.47 Å². The maximum Gasteiger partial charge on any atom is 0.338 e.